The summed E-state index contributed by atoms with van der Waals surface area (Å²) in [6.07, 6.45) is 2.50. The zero-order chi connectivity index (χ0) is 13.6. The SMILES string of the molecule is CC1(C)CN(C(=O)CSc2n[nH]c(=O)[nH]2)C1C1CC1. The molecule has 1 aromatic rings. The predicted octanol–water partition coefficient (Wildman–Crippen LogP) is 0.837. The number of carbonyl (C=O) groups excluding carboxylic acids is 1. The molecule has 1 saturated carbocycles. The highest BCUT2D eigenvalue weighted by Gasteiger charge is 2.54. The molecule has 1 aromatic heterocycles. The van der Waals surface area contributed by atoms with Gasteiger partial charge in [-0.05, 0) is 18.8 Å². The number of nitrogens with one attached hydrogen (secondary N) is 2. The number of nitrogens with zero attached hydrogens (tertiary/aromatic N) is 2. The lowest BCUT2D eigenvalue weighted by atomic mass is 9.72. The molecule has 2 aliphatic rings. The van der Waals surface area contributed by atoms with Crippen molar-refractivity contribution in [2.75, 3.05) is 12.3 Å². The number of thioether (sulfide) groups is 1. The van der Waals surface area contributed by atoms with Crippen LogP contribution in [0.15, 0.2) is 9.95 Å². The first-order chi connectivity index (χ1) is 8.97. The highest BCUT2D eigenvalue weighted by atomic mass is 32.2. The average molecular weight is 282 g/mol. The maximum Gasteiger partial charge on any atom is 0.341 e. The van der Waals surface area contributed by atoms with Crippen LogP contribution < -0.4 is 5.69 Å². The van der Waals surface area contributed by atoms with Crippen LogP contribution in [0.1, 0.15) is 26.7 Å². The first-order valence-corrected chi connectivity index (χ1v) is 7.53. The Bertz CT molecular complexity index is 546. The number of aromatic nitrogens is 3. The summed E-state index contributed by atoms with van der Waals surface area (Å²) in [6, 6.07) is 0.402. The summed E-state index contributed by atoms with van der Waals surface area (Å²) < 4.78 is 0. The molecular weight excluding hydrogens is 264 g/mol. The molecule has 0 bridgehead atoms. The van der Waals surface area contributed by atoms with E-state index < -0.39 is 0 Å². The fourth-order valence-corrected chi connectivity index (χ4v) is 3.73. The van der Waals surface area contributed by atoms with Gasteiger partial charge < -0.3 is 4.90 Å². The molecule has 3 rings (SSSR count). The van der Waals surface area contributed by atoms with Crippen molar-refractivity contribution >= 4 is 17.7 Å². The van der Waals surface area contributed by atoms with E-state index in [1.54, 1.807) is 0 Å². The molecule has 1 aliphatic carbocycles. The van der Waals surface area contributed by atoms with Gasteiger partial charge in [-0.3, -0.25) is 9.78 Å². The molecule has 6 nitrogen and oxygen atoms in total. The van der Waals surface area contributed by atoms with Crippen LogP contribution in [0.4, 0.5) is 0 Å². The van der Waals surface area contributed by atoms with E-state index in [1.165, 1.54) is 24.6 Å². The molecule has 19 heavy (non-hydrogen) atoms. The van der Waals surface area contributed by atoms with Gasteiger partial charge in [0.05, 0.1) is 5.75 Å². The van der Waals surface area contributed by atoms with Crippen LogP contribution in [0.2, 0.25) is 0 Å². The van der Waals surface area contributed by atoms with Crippen molar-refractivity contribution in [3.05, 3.63) is 10.5 Å². The zero-order valence-electron chi connectivity index (χ0n) is 11.1. The number of amides is 1. The Morgan fingerprint density at radius 3 is 2.79 bits per heavy atom. The zero-order valence-corrected chi connectivity index (χ0v) is 11.9. The molecule has 0 aromatic carbocycles. The Kier molecular flexibility index (Phi) is 2.96. The summed E-state index contributed by atoms with van der Waals surface area (Å²) in [5.41, 5.74) is -0.0850. The van der Waals surface area contributed by atoms with Gasteiger partial charge in [0.25, 0.3) is 0 Å². The van der Waals surface area contributed by atoms with Gasteiger partial charge in [0, 0.05) is 18.0 Å². The van der Waals surface area contributed by atoms with Crippen molar-refractivity contribution in [3.8, 4) is 0 Å². The number of carbonyl (C=O) groups is 1. The number of rotatable bonds is 4. The van der Waals surface area contributed by atoms with Crippen LogP contribution in [0.25, 0.3) is 0 Å². The van der Waals surface area contributed by atoms with Gasteiger partial charge in [-0.15, -0.1) is 5.10 Å². The van der Waals surface area contributed by atoms with E-state index >= 15 is 0 Å². The normalized spacial score (nSPS) is 25.2. The molecule has 1 amide bonds. The van der Waals surface area contributed by atoms with Gasteiger partial charge in [-0.25, -0.2) is 9.89 Å². The highest BCUT2D eigenvalue weighted by molar-refractivity contribution is 7.99. The van der Waals surface area contributed by atoms with Gasteiger partial charge in [0.1, 0.15) is 0 Å². The number of hydrogen-bond acceptors (Lipinski definition) is 4. The van der Waals surface area contributed by atoms with E-state index in [0.29, 0.717) is 22.9 Å². The molecule has 1 saturated heterocycles. The van der Waals surface area contributed by atoms with E-state index in [-0.39, 0.29) is 17.0 Å². The minimum absolute atomic E-state index is 0.144. The first kappa shape index (κ1) is 12.8. The van der Waals surface area contributed by atoms with E-state index in [9.17, 15) is 9.59 Å². The van der Waals surface area contributed by atoms with Gasteiger partial charge in [-0.1, -0.05) is 25.6 Å². The van der Waals surface area contributed by atoms with Gasteiger partial charge in [0.15, 0.2) is 5.16 Å². The molecule has 2 heterocycles. The van der Waals surface area contributed by atoms with E-state index in [1.807, 2.05) is 4.90 Å². The Hall–Kier alpha value is -1.24. The second-order valence-corrected chi connectivity index (χ2v) is 7.03. The van der Waals surface area contributed by atoms with Gasteiger partial charge in [0.2, 0.25) is 5.91 Å². The monoisotopic (exact) mass is 282 g/mol. The van der Waals surface area contributed by atoms with E-state index in [0.717, 1.165) is 6.54 Å². The van der Waals surface area contributed by atoms with Crippen molar-refractivity contribution < 1.29 is 4.79 Å². The molecule has 2 fully saturated rings. The topological polar surface area (TPSA) is 81.8 Å². The van der Waals surface area contributed by atoms with Crippen molar-refractivity contribution in [3.63, 3.8) is 0 Å². The van der Waals surface area contributed by atoms with Crippen LogP contribution in [0.5, 0.6) is 0 Å². The highest BCUT2D eigenvalue weighted by Crippen LogP contribution is 2.50. The minimum atomic E-state index is -0.337. The molecule has 0 radical (unpaired) electrons. The maximum atomic E-state index is 12.2. The van der Waals surface area contributed by atoms with Crippen LogP contribution in [-0.2, 0) is 4.79 Å². The maximum absolute atomic E-state index is 12.2. The van der Waals surface area contributed by atoms with Crippen LogP contribution >= 0.6 is 11.8 Å². The number of hydrogen-bond donors (Lipinski definition) is 2. The van der Waals surface area contributed by atoms with Gasteiger partial charge >= 0.3 is 5.69 Å². The third-order valence-corrected chi connectivity index (χ3v) is 4.77. The number of aromatic amines is 2. The number of likely N-dealkylation sites (tertiary alicyclic amines) is 1. The Labute approximate surface area is 115 Å². The molecule has 1 aliphatic heterocycles. The van der Waals surface area contributed by atoms with Crippen molar-refractivity contribution in [2.45, 2.75) is 37.9 Å². The second-order valence-electron chi connectivity index (χ2n) is 6.06. The van der Waals surface area contributed by atoms with E-state index in [4.69, 9.17) is 0 Å². The molecule has 7 heteroatoms. The summed E-state index contributed by atoms with van der Waals surface area (Å²) in [5, 5.41) is 6.55. The quantitative estimate of drug-likeness (QED) is 0.802. The van der Waals surface area contributed by atoms with Crippen molar-refractivity contribution in [1.29, 1.82) is 0 Å². The van der Waals surface area contributed by atoms with Crippen molar-refractivity contribution in [2.24, 2.45) is 11.3 Å². The summed E-state index contributed by atoms with van der Waals surface area (Å²) in [7, 11) is 0. The van der Waals surface area contributed by atoms with Crippen LogP contribution in [-0.4, -0.2) is 44.3 Å². The third kappa shape index (κ3) is 2.43. The Balaban J connectivity index is 1.57. The Morgan fingerprint density at radius 1 is 1.53 bits per heavy atom. The van der Waals surface area contributed by atoms with E-state index in [2.05, 4.69) is 29.0 Å². The average Bonchev–Trinajstić information content (AvgIpc) is 3.05. The lowest BCUT2D eigenvalue weighted by Crippen LogP contribution is -2.65. The lowest BCUT2D eigenvalue weighted by molar-refractivity contribution is -0.150. The standard InChI is InChI=1S/C12H18N4O2S/c1-12(2)6-16(9(12)7-3-4-7)8(17)5-19-11-13-10(18)14-15-11/h7,9H,3-6H2,1-2H3,(H2,13,14,15,18). The largest absolute Gasteiger partial charge is 0.341 e. The van der Waals surface area contributed by atoms with Crippen LogP contribution in [0.3, 0.4) is 0 Å². The van der Waals surface area contributed by atoms with Crippen molar-refractivity contribution in [1.82, 2.24) is 20.1 Å². The lowest BCUT2D eigenvalue weighted by Gasteiger charge is -2.55. The second kappa shape index (κ2) is 4.40. The molecule has 104 valence electrons. The molecule has 0 spiro atoms. The first-order valence-electron chi connectivity index (χ1n) is 6.54. The molecule has 2 N–H and O–H groups in total. The smallest absolute Gasteiger partial charge is 0.337 e. The van der Waals surface area contributed by atoms with Gasteiger partial charge in [-0.2, -0.15) is 0 Å². The fourth-order valence-electron chi connectivity index (χ4n) is 3.02. The molecule has 1 unspecified atom stereocenters. The summed E-state index contributed by atoms with van der Waals surface area (Å²) >= 11 is 1.27. The summed E-state index contributed by atoms with van der Waals surface area (Å²) in [6.45, 7) is 5.31. The molecule has 1 atom stereocenters. The number of H-pyrrole nitrogens is 2. The summed E-state index contributed by atoms with van der Waals surface area (Å²) in [5.74, 6) is 1.17. The molecular formula is C12H18N4O2S. The fraction of sp³-hybridized carbons (Fsp3) is 0.750. The Morgan fingerprint density at radius 2 is 2.26 bits per heavy atom. The predicted molar refractivity (Wildman–Crippen MR) is 71.9 cm³/mol. The third-order valence-electron chi connectivity index (χ3n) is 3.92. The summed E-state index contributed by atoms with van der Waals surface area (Å²) in [4.78, 5) is 27.6. The minimum Gasteiger partial charge on any atom is -0.337 e. The van der Waals surface area contributed by atoms with Crippen LogP contribution in [0, 0.1) is 11.3 Å².